The van der Waals surface area contributed by atoms with Gasteiger partial charge in [-0.3, -0.25) is 0 Å². The molecule has 2 heterocycles. The van der Waals surface area contributed by atoms with Gasteiger partial charge in [-0.1, -0.05) is 13.8 Å². The molecule has 0 saturated carbocycles. The van der Waals surface area contributed by atoms with Gasteiger partial charge in [-0.25, -0.2) is 9.67 Å². The predicted octanol–water partition coefficient (Wildman–Crippen LogP) is 2.65. The number of nitrogens with zero attached hydrogens (tertiary/aromatic N) is 3. The van der Waals surface area contributed by atoms with E-state index in [1.807, 2.05) is 4.68 Å². The summed E-state index contributed by atoms with van der Waals surface area (Å²) in [6, 6.07) is 4.61. The molecule has 17 heavy (non-hydrogen) atoms. The minimum absolute atomic E-state index is 0.454. The van der Waals surface area contributed by atoms with E-state index >= 15 is 0 Å². The molecule has 2 rings (SSSR count). The summed E-state index contributed by atoms with van der Waals surface area (Å²) in [4.78, 5) is 5.54. The van der Waals surface area contributed by atoms with Crippen LogP contribution in [0.15, 0.2) is 22.2 Å². The lowest BCUT2D eigenvalue weighted by Gasteiger charge is -2.04. The van der Waals surface area contributed by atoms with Crippen molar-refractivity contribution < 1.29 is 0 Å². The minimum Gasteiger partial charge on any atom is -0.308 e. The van der Waals surface area contributed by atoms with Gasteiger partial charge in [0, 0.05) is 10.9 Å². The van der Waals surface area contributed by atoms with E-state index in [1.54, 1.807) is 17.7 Å². The van der Waals surface area contributed by atoms with Gasteiger partial charge in [0.05, 0.1) is 16.9 Å². The summed E-state index contributed by atoms with van der Waals surface area (Å²) in [7, 11) is 0. The summed E-state index contributed by atoms with van der Waals surface area (Å²) in [5, 5.41) is 7.72. The van der Waals surface area contributed by atoms with Crippen molar-refractivity contribution in [2.75, 3.05) is 0 Å². The Hall–Kier alpha value is -0.720. The van der Waals surface area contributed by atoms with Crippen LogP contribution in [0.1, 0.15) is 24.5 Å². The molecule has 0 unspecified atom stereocenters. The standard InChI is InChI=1S/C11H15BrN4S/c1-8(2)13-5-11-14-7-16(15-11)6-9-3-4-10(12)17-9/h3-4,7-8,13H,5-6H2,1-2H3. The third-order valence-electron chi connectivity index (χ3n) is 2.20. The first-order valence-electron chi connectivity index (χ1n) is 5.49. The number of rotatable bonds is 5. The largest absolute Gasteiger partial charge is 0.308 e. The fraction of sp³-hybridized carbons (Fsp3) is 0.455. The van der Waals surface area contributed by atoms with Gasteiger partial charge in [-0.15, -0.1) is 11.3 Å². The minimum atomic E-state index is 0.454. The van der Waals surface area contributed by atoms with Crippen molar-refractivity contribution in [1.82, 2.24) is 20.1 Å². The summed E-state index contributed by atoms with van der Waals surface area (Å²) < 4.78 is 3.02. The molecule has 0 aliphatic heterocycles. The molecule has 0 bridgehead atoms. The number of halogens is 1. The van der Waals surface area contributed by atoms with E-state index in [-0.39, 0.29) is 0 Å². The van der Waals surface area contributed by atoms with Crippen LogP contribution < -0.4 is 5.32 Å². The Balaban J connectivity index is 1.94. The second-order valence-electron chi connectivity index (χ2n) is 4.10. The summed E-state index contributed by atoms with van der Waals surface area (Å²) in [5.41, 5.74) is 0. The van der Waals surface area contributed by atoms with E-state index in [4.69, 9.17) is 0 Å². The van der Waals surface area contributed by atoms with Gasteiger partial charge in [0.15, 0.2) is 5.82 Å². The molecule has 6 heteroatoms. The fourth-order valence-electron chi connectivity index (χ4n) is 1.38. The monoisotopic (exact) mass is 314 g/mol. The first-order chi connectivity index (χ1) is 8.13. The molecule has 4 nitrogen and oxygen atoms in total. The zero-order valence-corrected chi connectivity index (χ0v) is 12.3. The number of nitrogens with one attached hydrogen (secondary N) is 1. The topological polar surface area (TPSA) is 42.7 Å². The van der Waals surface area contributed by atoms with Crippen molar-refractivity contribution >= 4 is 27.3 Å². The van der Waals surface area contributed by atoms with Crippen LogP contribution in [0.2, 0.25) is 0 Å². The van der Waals surface area contributed by atoms with Crippen LogP contribution >= 0.6 is 27.3 Å². The Bertz CT molecular complexity index is 477. The van der Waals surface area contributed by atoms with Crippen LogP contribution in [-0.2, 0) is 13.1 Å². The van der Waals surface area contributed by atoms with E-state index in [1.165, 1.54) is 4.88 Å². The number of aromatic nitrogens is 3. The van der Waals surface area contributed by atoms with Gasteiger partial charge in [0.1, 0.15) is 6.33 Å². The van der Waals surface area contributed by atoms with Crippen LogP contribution in [-0.4, -0.2) is 20.8 Å². The molecule has 0 spiro atoms. The van der Waals surface area contributed by atoms with Crippen molar-refractivity contribution in [1.29, 1.82) is 0 Å². The van der Waals surface area contributed by atoms with Gasteiger partial charge in [0.2, 0.25) is 0 Å². The van der Waals surface area contributed by atoms with Gasteiger partial charge >= 0.3 is 0 Å². The lowest BCUT2D eigenvalue weighted by atomic mass is 10.4. The van der Waals surface area contributed by atoms with Crippen molar-refractivity contribution in [3.63, 3.8) is 0 Å². The maximum absolute atomic E-state index is 4.42. The molecular formula is C11H15BrN4S. The van der Waals surface area contributed by atoms with Gasteiger partial charge in [-0.05, 0) is 28.1 Å². The number of thiophene rings is 1. The molecule has 0 fully saturated rings. The van der Waals surface area contributed by atoms with Crippen molar-refractivity contribution in [3.05, 3.63) is 32.9 Å². The Kier molecular flexibility index (Phi) is 4.31. The molecule has 0 radical (unpaired) electrons. The van der Waals surface area contributed by atoms with Gasteiger partial charge in [0.25, 0.3) is 0 Å². The molecule has 2 aromatic heterocycles. The Morgan fingerprint density at radius 1 is 1.47 bits per heavy atom. The Morgan fingerprint density at radius 2 is 2.29 bits per heavy atom. The van der Waals surface area contributed by atoms with E-state index in [0.717, 1.165) is 22.7 Å². The highest BCUT2D eigenvalue weighted by Gasteiger charge is 2.03. The summed E-state index contributed by atoms with van der Waals surface area (Å²) in [6.45, 7) is 5.73. The number of hydrogen-bond acceptors (Lipinski definition) is 4. The molecule has 1 N–H and O–H groups in total. The maximum Gasteiger partial charge on any atom is 0.164 e. The molecule has 0 aliphatic rings. The lowest BCUT2D eigenvalue weighted by Crippen LogP contribution is -2.22. The van der Waals surface area contributed by atoms with Crippen molar-refractivity contribution in [2.45, 2.75) is 33.0 Å². The smallest absolute Gasteiger partial charge is 0.164 e. The highest BCUT2D eigenvalue weighted by atomic mass is 79.9. The number of hydrogen-bond donors (Lipinski definition) is 1. The zero-order chi connectivity index (χ0) is 12.3. The molecule has 0 aliphatic carbocycles. The fourth-order valence-corrected chi connectivity index (χ4v) is 2.86. The lowest BCUT2D eigenvalue weighted by molar-refractivity contribution is 0.565. The van der Waals surface area contributed by atoms with Gasteiger partial charge in [-0.2, -0.15) is 5.10 Å². The summed E-state index contributed by atoms with van der Waals surface area (Å²) >= 11 is 5.18. The van der Waals surface area contributed by atoms with Crippen LogP contribution in [0.25, 0.3) is 0 Å². The first-order valence-corrected chi connectivity index (χ1v) is 7.10. The second kappa shape index (κ2) is 5.75. The van der Waals surface area contributed by atoms with E-state index in [9.17, 15) is 0 Å². The molecule has 92 valence electrons. The highest BCUT2D eigenvalue weighted by Crippen LogP contribution is 2.22. The Labute approximate surface area is 113 Å². The summed E-state index contributed by atoms with van der Waals surface area (Å²) in [5.74, 6) is 0.842. The third-order valence-corrected chi connectivity index (χ3v) is 3.81. The predicted molar refractivity (Wildman–Crippen MR) is 73.1 cm³/mol. The highest BCUT2D eigenvalue weighted by molar-refractivity contribution is 9.11. The van der Waals surface area contributed by atoms with E-state index in [0.29, 0.717) is 6.04 Å². The van der Waals surface area contributed by atoms with Gasteiger partial charge < -0.3 is 5.32 Å². The zero-order valence-electron chi connectivity index (χ0n) is 9.85. The average molecular weight is 315 g/mol. The van der Waals surface area contributed by atoms with Crippen molar-refractivity contribution in [3.8, 4) is 0 Å². The van der Waals surface area contributed by atoms with Crippen LogP contribution in [0.4, 0.5) is 0 Å². The van der Waals surface area contributed by atoms with E-state index in [2.05, 4.69) is 57.3 Å². The normalized spacial score (nSPS) is 11.3. The molecule has 0 amide bonds. The first kappa shape index (κ1) is 12.7. The molecular weight excluding hydrogens is 300 g/mol. The molecule has 0 atom stereocenters. The Morgan fingerprint density at radius 3 is 2.94 bits per heavy atom. The quantitative estimate of drug-likeness (QED) is 0.922. The average Bonchev–Trinajstić information content (AvgIpc) is 2.86. The maximum atomic E-state index is 4.42. The summed E-state index contributed by atoms with van der Waals surface area (Å²) in [6.07, 6.45) is 1.78. The molecule has 0 aromatic carbocycles. The van der Waals surface area contributed by atoms with Crippen LogP contribution in [0.3, 0.4) is 0 Å². The van der Waals surface area contributed by atoms with Crippen molar-refractivity contribution in [2.24, 2.45) is 0 Å². The molecule has 0 saturated heterocycles. The van der Waals surface area contributed by atoms with E-state index < -0.39 is 0 Å². The third kappa shape index (κ3) is 3.90. The SMILES string of the molecule is CC(C)NCc1ncn(Cc2ccc(Br)s2)n1. The second-order valence-corrected chi connectivity index (χ2v) is 6.65. The molecule has 2 aromatic rings. The van der Waals surface area contributed by atoms with Crippen LogP contribution in [0, 0.1) is 0 Å². The van der Waals surface area contributed by atoms with Crippen LogP contribution in [0.5, 0.6) is 0 Å².